The number of aromatic amines is 1. The molecule has 4 saturated carbocycles. The van der Waals surface area contributed by atoms with Crippen LogP contribution in [-0.4, -0.2) is 78.7 Å². The van der Waals surface area contributed by atoms with Gasteiger partial charge in [0.05, 0.1) is 23.7 Å². The number of rotatable bonds is 8. The van der Waals surface area contributed by atoms with Crippen LogP contribution in [-0.2, 0) is 20.7 Å². The fraction of sp³-hybridized carbons (Fsp3) is 0.538. The van der Waals surface area contributed by atoms with Crippen molar-refractivity contribution in [3.63, 3.8) is 0 Å². The highest BCUT2D eigenvalue weighted by molar-refractivity contribution is 6.17. The number of aromatic nitrogens is 1. The van der Waals surface area contributed by atoms with Gasteiger partial charge >= 0.3 is 12.1 Å². The van der Waals surface area contributed by atoms with E-state index in [1.165, 1.54) is 11.3 Å². The zero-order valence-electron chi connectivity index (χ0n) is 29.1. The minimum absolute atomic E-state index is 0.103. The molecule has 0 radical (unpaired) electrons. The summed E-state index contributed by atoms with van der Waals surface area (Å²) in [6.07, 6.45) is 8.59. The summed E-state index contributed by atoms with van der Waals surface area (Å²) in [6, 6.07) is 13.0. The van der Waals surface area contributed by atoms with E-state index in [2.05, 4.69) is 15.6 Å². The molecule has 6 fully saturated rings. The Balaban J connectivity index is 1.00. The van der Waals surface area contributed by atoms with Crippen LogP contribution in [0.1, 0.15) is 57.4 Å². The number of nitrogens with zero attached hydrogens (tertiary/aromatic N) is 3. The van der Waals surface area contributed by atoms with E-state index in [1.807, 2.05) is 68.5 Å². The second-order valence-electron chi connectivity index (χ2n) is 15.7. The maximum atomic E-state index is 14.3. The molecule has 6 aliphatic rings. The number of fused-ring (bicyclic) bond motifs is 2. The van der Waals surface area contributed by atoms with Crippen LogP contribution in [0, 0.1) is 29.6 Å². The molecule has 9 rings (SSSR count). The molecular weight excluding hydrogens is 632 g/mol. The Morgan fingerprint density at radius 2 is 1.68 bits per heavy atom. The highest BCUT2D eigenvalue weighted by Gasteiger charge is 2.51. The zero-order chi connectivity index (χ0) is 34.7. The first kappa shape index (κ1) is 32.7. The Morgan fingerprint density at radius 3 is 2.38 bits per heavy atom. The normalized spacial score (nSPS) is 30.6. The van der Waals surface area contributed by atoms with Crippen molar-refractivity contribution in [1.29, 1.82) is 0 Å². The molecule has 2 aliphatic heterocycles. The van der Waals surface area contributed by atoms with Crippen LogP contribution in [0.5, 0.6) is 0 Å². The second kappa shape index (κ2) is 13.0. The number of piperidine rings is 1. The molecule has 2 aromatic carbocycles. The molecule has 3 aromatic rings. The number of benzene rings is 2. The predicted octanol–water partition coefficient (Wildman–Crippen LogP) is 5.45. The zero-order valence-corrected chi connectivity index (χ0v) is 29.1. The van der Waals surface area contributed by atoms with Gasteiger partial charge in [0, 0.05) is 49.8 Å². The Hall–Kier alpha value is -4.54. The van der Waals surface area contributed by atoms with Crippen LogP contribution in [0.15, 0.2) is 54.7 Å². The van der Waals surface area contributed by atoms with E-state index in [0.29, 0.717) is 36.9 Å². The van der Waals surface area contributed by atoms with E-state index in [0.717, 1.165) is 59.7 Å². The minimum Gasteiger partial charge on any atom is -0.446 e. The molecule has 11 heteroatoms. The van der Waals surface area contributed by atoms with Crippen molar-refractivity contribution in [3.05, 3.63) is 60.3 Å². The molecule has 3 N–H and O–H groups in total. The van der Waals surface area contributed by atoms with Crippen LogP contribution >= 0.6 is 0 Å². The van der Waals surface area contributed by atoms with Crippen molar-refractivity contribution in [2.24, 2.45) is 29.6 Å². The van der Waals surface area contributed by atoms with Gasteiger partial charge in [0.2, 0.25) is 11.8 Å². The lowest BCUT2D eigenvalue weighted by molar-refractivity contribution is -0.129. The first-order valence-electron chi connectivity index (χ1n) is 18.4. The topological polar surface area (TPSA) is 127 Å². The summed E-state index contributed by atoms with van der Waals surface area (Å²) >= 11 is 0. The van der Waals surface area contributed by atoms with Gasteiger partial charge in [-0.05, 0) is 105 Å². The summed E-state index contributed by atoms with van der Waals surface area (Å²) in [5.41, 5.74) is 3.36. The number of alkyl carbamates (subject to hydrolysis) is 1. The van der Waals surface area contributed by atoms with E-state index in [1.54, 1.807) is 17.0 Å². The quantitative estimate of drug-likeness (QED) is 0.291. The third kappa shape index (κ3) is 5.88. The van der Waals surface area contributed by atoms with Gasteiger partial charge in [-0.15, -0.1) is 0 Å². The number of para-hydroxylation sites is 1. The summed E-state index contributed by atoms with van der Waals surface area (Å²) in [7, 11) is 3.88. The molecule has 2 saturated heterocycles. The fourth-order valence-corrected chi connectivity index (χ4v) is 10.1. The Kier molecular flexibility index (Phi) is 8.47. The summed E-state index contributed by atoms with van der Waals surface area (Å²) in [5.74, 6) is 1.13. The molecule has 50 heavy (non-hydrogen) atoms. The number of imide groups is 1. The Morgan fingerprint density at radius 1 is 0.980 bits per heavy atom. The van der Waals surface area contributed by atoms with Crippen LogP contribution < -0.4 is 20.4 Å². The van der Waals surface area contributed by atoms with Gasteiger partial charge in [-0.25, -0.2) is 14.5 Å². The first-order valence-corrected chi connectivity index (χ1v) is 18.4. The number of hydrogen-bond acceptors (Lipinski definition) is 6. The minimum atomic E-state index is -0.911. The highest BCUT2D eigenvalue weighted by atomic mass is 16.6. The lowest BCUT2D eigenvalue weighted by Crippen LogP contribution is -2.69. The number of urea groups is 1. The first-order chi connectivity index (χ1) is 24.1. The molecule has 5 amide bonds. The summed E-state index contributed by atoms with van der Waals surface area (Å²) in [4.78, 5) is 63.9. The number of amides is 5. The summed E-state index contributed by atoms with van der Waals surface area (Å²) in [6.45, 7) is 2.33. The largest absolute Gasteiger partial charge is 0.446 e. The second-order valence-corrected chi connectivity index (χ2v) is 15.7. The standard InChI is InChI=1S/C39H48N6O5/c1-22-34-32(9-6-14-44(34)39(49)45(37(22)47)29-12-10-28(11-13-29)43(2)3)41-36(46)33(20-27-21-40-31-8-5-4-7-30(27)31)42-38(48)50-35-25-16-23-15-24(18-25)19-26(35)17-23/h4-5,7-8,10-13,21-26,32-35,40H,6,9,14-20H2,1-3H3,(H,41,46)(H,42,48)/t22-,23?,24?,25?,26?,32-,33-,34+,35?/m0/s1. The van der Waals surface area contributed by atoms with Crippen molar-refractivity contribution < 1.29 is 23.9 Å². The van der Waals surface area contributed by atoms with Crippen molar-refractivity contribution in [1.82, 2.24) is 20.5 Å². The molecule has 0 unspecified atom stereocenters. The van der Waals surface area contributed by atoms with Gasteiger partial charge < -0.3 is 30.2 Å². The van der Waals surface area contributed by atoms with E-state index in [-0.39, 0.29) is 30.4 Å². The average molecular weight is 681 g/mol. The number of carbonyl (C=O) groups is 4. The number of hydrogen-bond donors (Lipinski definition) is 3. The van der Waals surface area contributed by atoms with Gasteiger partial charge in [-0.2, -0.15) is 0 Å². The fourth-order valence-electron chi connectivity index (χ4n) is 10.1. The van der Waals surface area contributed by atoms with Crippen LogP contribution in [0.25, 0.3) is 10.9 Å². The summed E-state index contributed by atoms with van der Waals surface area (Å²) < 4.78 is 6.17. The van der Waals surface area contributed by atoms with E-state index >= 15 is 0 Å². The van der Waals surface area contributed by atoms with Crippen molar-refractivity contribution in [2.75, 3.05) is 30.4 Å². The molecule has 3 heterocycles. The van der Waals surface area contributed by atoms with E-state index in [9.17, 15) is 19.2 Å². The Labute approximate surface area is 293 Å². The lowest BCUT2D eigenvalue weighted by Gasteiger charge is -2.53. The van der Waals surface area contributed by atoms with Crippen molar-refractivity contribution >= 4 is 46.2 Å². The Bertz CT molecular complexity index is 1760. The average Bonchev–Trinajstić information content (AvgIpc) is 3.51. The molecule has 264 valence electrons. The maximum absolute atomic E-state index is 14.3. The number of nitrogens with one attached hydrogen (secondary N) is 3. The van der Waals surface area contributed by atoms with Crippen LogP contribution in [0.4, 0.5) is 21.0 Å². The molecule has 4 bridgehead atoms. The van der Waals surface area contributed by atoms with E-state index < -0.39 is 30.1 Å². The van der Waals surface area contributed by atoms with Crippen LogP contribution in [0.2, 0.25) is 0 Å². The smallest absolute Gasteiger partial charge is 0.408 e. The number of H-pyrrole nitrogens is 1. The van der Waals surface area contributed by atoms with Crippen molar-refractivity contribution in [2.45, 2.75) is 82.5 Å². The molecule has 1 aromatic heterocycles. The maximum Gasteiger partial charge on any atom is 0.408 e. The predicted molar refractivity (Wildman–Crippen MR) is 191 cm³/mol. The van der Waals surface area contributed by atoms with Gasteiger partial charge in [-0.3, -0.25) is 9.59 Å². The number of carbonyl (C=O) groups excluding carboxylic acids is 4. The van der Waals surface area contributed by atoms with Crippen molar-refractivity contribution in [3.8, 4) is 0 Å². The molecular formula is C39H48N6O5. The molecule has 4 atom stereocenters. The van der Waals surface area contributed by atoms with Crippen LogP contribution in [0.3, 0.4) is 0 Å². The van der Waals surface area contributed by atoms with E-state index in [4.69, 9.17) is 4.74 Å². The number of ether oxygens (including phenoxy) is 1. The van der Waals surface area contributed by atoms with Gasteiger partial charge in [0.15, 0.2) is 0 Å². The monoisotopic (exact) mass is 680 g/mol. The molecule has 4 aliphatic carbocycles. The molecule has 0 spiro atoms. The lowest BCUT2D eigenvalue weighted by atomic mass is 9.55. The highest BCUT2D eigenvalue weighted by Crippen LogP contribution is 2.54. The third-order valence-corrected chi connectivity index (χ3v) is 12.3. The summed E-state index contributed by atoms with van der Waals surface area (Å²) in [5, 5.41) is 7.15. The van der Waals surface area contributed by atoms with Gasteiger partial charge in [0.1, 0.15) is 12.1 Å². The third-order valence-electron chi connectivity index (χ3n) is 12.3. The molecule has 11 nitrogen and oxygen atoms in total. The van der Waals surface area contributed by atoms with Gasteiger partial charge in [0.25, 0.3) is 0 Å². The number of anilines is 2. The SMILES string of the molecule is C[C@@H]1C(=O)N(c2ccc(N(C)C)cc2)C(=O)N2CCC[C@H](NC(=O)[C@H](Cc3c[nH]c4ccccc34)NC(=O)OC3C4CC5CC(C4)CC3C5)[C@@H]12. The van der Waals surface area contributed by atoms with Gasteiger partial charge in [-0.1, -0.05) is 25.1 Å².